The third-order valence-electron chi connectivity index (χ3n) is 5.47. The van der Waals surface area contributed by atoms with Gasteiger partial charge in [0.05, 0.1) is 34.6 Å². The molecular weight excluding hydrogens is 432 g/mol. The smallest absolute Gasteiger partial charge is 0.173 e. The fraction of sp³-hybridized carbons (Fsp3) is 0.292. The van der Waals surface area contributed by atoms with Gasteiger partial charge in [-0.15, -0.1) is 0 Å². The van der Waals surface area contributed by atoms with Gasteiger partial charge < -0.3 is 9.73 Å². The second-order valence-electron chi connectivity index (χ2n) is 8.48. The Balaban J connectivity index is 1.67. The number of nitriles is 1. The molecule has 1 unspecified atom stereocenters. The fourth-order valence-corrected chi connectivity index (χ4v) is 5.17. The Labute approximate surface area is 190 Å². The number of allylic oxidation sites excluding steroid dienone is 3. The summed E-state index contributed by atoms with van der Waals surface area (Å²) < 4.78 is 5.62. The van der Waals surface area contributed by atoms with E-state index in [0.29, 0.717) is 45.4 Å². The van der Waals surface area contributed by atoms with Crippen molar-refractivity contribution < 1.29 is 14.0 Å². The number of Topliss-reactive ketones (excluding diaryl/α,β-unsaturated/α-hetero) is 2. The summed E-state index contributed by atoms with van der Waals surface area (Å²) in [4.78, 5) is 25.7. The monoisotopic (exact) mass is 452 g/mol. The van der Waals surface area contributed by atoms with Gasteiger partial charge in [-0.2, -0.15) is 5.26 Å². The number of carbonyl (C=O) groups excluding carboxylic acids is 2. The number of rotatable bonds is 5. The number of halogens is 1. The van der Waals surface area contributed by atoms with Crippen LogP contribution in [0.3, 0.4) is 0 Å². The average Bonchev–Trinajstić information content (AvgIpc) is 3.25. The molecule has 0 spiro atoms. The van der Waals surface area contributed by atoms with Gasteiger partial charge in [-0.3, -0.25) is 9.59 Å². The number of nitrogens with zero attached hydrogens (tertiary/aromatic N) is 1. The summed E-state index contributed by atoms with van der Waals surface area (Å²) >= 11 is 7.18. The van der Waals surface area contributed by atoms with Crippen LogP contribution in [0.5, 0.6) is 0 Å². The molecule has 4 rings (SSSR count). The van der Waals surface area contributed by atoms with Crippen molar-refractivity contribution in [3.63, 3.8) is 0 Å². The zero-order chi connectivity index (χ0) is 22.2. The molecule has 1 aromatic heterocycles. The van der Waals surface area contributed by atoms with Crippen molar-refractivity contribution in [2.45, 2.75) is 32.6 Å². The van der Waals surface area contributed by atoms with Gasteiger partial charge in [0, 0.05) is 28.3 Å². The Morgan fingerprint density at radius 3 is 2.68 bits per heavy atom. The Bertz CT molecular complexity index is 1140. The summed E-state index contributed by atoms with van der Waals surface area (Å²) in [7, 11) is 0. The van der Waals surface area contributed by atoms with Crippen molar-refractivity contribution in [3.8, 4) is 6.07 Å². The van der Waals surface area contributed by atoms with Gasteiger partial charge in [-0.1, -0.05) is 37.2 Å². The quantitative estimate of drug-likeness (QED) is 0.593. The molecule has 1 atom stereocenters. The molecular formula is C24H21ClN2O3S. The van der Waals surface area contributed by atoms with Crippen LogP contribution in [0.1, 0.15) is 48.7 Å². The minimum absolute atomic E-state index is 0.0224. The number of hydrogen-bond donors (Lipinski definition) is 1. The first-order valence-electron chi connectivity index (χ1n) is 9.91. The van der Waals surface area contributed by atoms with E-state index >= 15 is 0 Å². The number of hydrogen-bond acceptors (Lipinski definition) is 6. The number of furan rings is 1. The summed E-state index contributed by atoms with van der Waals surface area (Å²) in [6.07, 6.45) is 2.64. The number of ketones is 2. The Kier molecular flexibility index (Phi) is 5.83. The Morgan fingerprint density at radius 2 is 2.03 bits per heavy atom. The van der Waals surface area contributed by atoms with Crippen LogP contribution in [0.2, 0.25) is 5.02 Å². The van der Waals surface area contributed by atoms with E-state index in [1.807, 2.05) is 0 Å². The molecule has 2 heterocycles. The van der Waals surface area contributed by atoms with E-state index in [9.17, 15) is 14.9 Å². The molecule has 0 radical (unpaired) electrons. The standard InChI is InChI=1S/C24H21ClN2O3S/c1-24(2)10-17-22(18(28)11-24)21(20-4-3-9-30-20)16(12-26)23(27-17)31-13-19(29)14-5-7-15(25)8-6-14/h3-9,21,27H,10-11,13H2,1-2H3. The Hall–Kier alpha value is -2.75. The maximum absolute atomic E-state index is 13.1. The molecule has 0 saturated heterocycles. The molecule has 0 fully saturated rings. The molecule has 1 aliphatic carbocycles. The summed E-state index contributed by atoms with van der Waals surface area (Å²) in [5.74, 6) is 0.102. The minimum atomic E-state index is -0.562. The zero-order valence-corrected chi connectivity index (χ0v) is 18.8. The van der Waals surface area contributed by atoms with Crippen molar-refractivity contribution in [1.82, 2.24) is 5.32 Å². The topological polar surface area (TPSA) is 83.1 Å². The van der Waals surface area contributed by atoms with E-state index in [4.69, 9.17) is 16.0 Å². The number of carbonyl (C=O) groups is 2. The normalized spacial score (nSPS) is 20.2. The van der Waals surface area contributed by atoms with Crippen molar-refractivity contribution >= 4 is 34.9 Å². The second-order valence-corrected chi connectivity index (χ2v) is 9.90. The molecule has 2 aromatic rings. The van der Waals surface area contributed by atoms with Gasteiger partial charge in [-0.05, 0) is 48.2 Å². The van der Waals surface area contributed by atoms with E-state index in [2.05, 4.69) is 25.2 Å². The zero-order valence-electron chi connectivity index (χ0n) is 17.2. The van der Waals surface area contributed by atoms with Crippen molar-refractivity contribution in [1.29, 1.82) is 5.26 Å². The van der Waals surface area contributed by atoms with Crippen LogP contribution in [0.15, 0.2) is 69.0 Å². The number of thioether (sulfide) groups is 1. The predicted octanol–water partition coefficient (Wildman–Crippen LogP) is 5.61. The van der Waals surface area contributed by atoms with Crippen LogP contribution < -0.4 is 5.32 Å². The number of benzene rings is 1. The number of dihydropyridines is 1. The molecule has 7 heteroatoms. The minimum Gasteiger partial charge on any atom is -0.468 e. The molecule has 1 aliphatic heterocycles. The molecule has 0 amide bonds. The van der Waals surface area contributed by atoms with Gasteiger partial charge in [-0.25, -0.2) is 0 Å². The first kappa shape index (κ1) is 21.5. The van der Waals surface area contributed by atoms with E-state index in [-0.39, 0.29) is 22.7 Å². The van der Waals surface area contributed by atoms with Crippen LogP contribution in [0, 0.1) is 16.7 Å². The Morgan fingerprint density at radius 1 is 1.29 bits per heavy atom. The molecule has 31 heavy (non-hydrogen) atoms. The van der Waals surface area contributed by atoms with Gasteiger partial charge in [0.15, 0.2) is 11.6 Å². The highest BCUT2D eigenvalue weighted by atomic mass is 35.5. The molecule has 158 valence electrons. The van der Waals surface area contributed by atoms with Crippen molar-refractivity contribution in [2.75, 3.05) is 5.75 Å². The predicted molar refractivity (Wildman–Crippen MR) is 121 cm³/mol. The summed E-state index contributed by atoms with van der Waals surface area (Å²) in [6.45, 7) is 4.11. The average molecular weight is 453 g/mol. The largest absolute Gasteiger partial charge is 0.468 e. The summed E-state index contributed by atoms with van der Waals surface area (Å²) in [5.41, 5.74) is 2.18. The highest BCUT2D eigenvalue weighted by Crippen LogP contribution is 2.47. The molecule has 1 N–H and O–H groups in total. The van der Waals surface area contributed by atoms with Crippen molar-refractivity contribution in [2.24, 2.45) is 5.41 Å². The van der Waals surface area contributed by atoms with Gasteiger partial charge in [0.25, 0.3) is 0 Å². The van der Waals surface area contributed by atoms with Gasteiger partial charge in [0.2, 0.25) is 0 Å². The fourth-order valence-electron chi connectivity index (χ4n) is 4.09. The van der Waals surface area contributed by atoms with E-state index in [1.165, 1.54) is 11.8 Å². The SMILES string of the molecule is CC1(C)CC(=O)C2=C(C1)NC(SCC(=O)c1ccc(Cl)cc1)=C(C#N)C2c1ccco1. The molecule has 0 bridgehead atoms. The highest BCUT2D eigenvalue weighted by molar-refractivity contribution is 8.03. The maximum atomic E-state index is 13.1. The van der Waals surface area contributed by atoms with Crippen LogP contribution in [0.25, 0.3) is 0 Å². The summed E-state index contributed by atoms with van der Waals surface area (Å²) in [5, 5.41) is 14.5. The molecule has 2 aliphatic rings. The maximum Gasteiger partial charge on any atom is 0.173 e. The van der Waals surface area contributed by atoms with E-state index in [0.717, 1.165) is 5.70 Å². The third-order valence-corrected chi connectivity index (χ3v) is 6.74. The van der Waals surface area contributed by atoms with E-state index in [1.54, 1.807) is 42.7 Å². The van der Waals surface area contributed by atoms with Gasteiger partial charge in [0.1, 0.15) is 5.76 Å². The lowest BCUT2D eigenvalue weighted by Gasteiger charge is -2.38. The van der Waals surface area contributed by atoms with Crippen LogP contribution in [-0.4, -0.2) is 17.3 Å². The highest BCUT2D eigenvalue weighted by Gasteiger charge is 2.42. The third kappa shape index (κ3) is 4.34. The first-order valence-corrected chi connectivity index (χ1v) is 11.3. The van der Waals surface area contributed by atoms with Gasteiger partial charge >= 0.3 is 0 Å². The molecule has 1 aromatic carbocycles. The lowest BCUT2D eigenvalue weighted by Crippen LogP contribution is -2.37. The first-order chi connectivity index (χ1) is 14.8. The van der Waals surface area contributed by atoms with Crippen LogP contribution in [0.4, 0.5) is 0 Å². The second kappa shape index (κ2) is 8.41. The van der Waals surface area contributed by atoms with Crippen LogP contribution >= 0.6 is 23.4 Å². The molecule has 0 saturated carbocycles. The van der Waals surface area contributed by atoms with E-state index < -0.39 is 5.92 Å². The lowest BCUT2D eigenvalue weighted by atomic mass is 9.70. The van der Waals surface area contributed by atoms with Crippen LogP contribution in [-0.2, 0) is 4.79 Å². The molecule has 5 nitrogen and oxygen atoms in total. The lowest BCUT2D eigenvalue weighted by molar-refractivity contribution is -0.118. The summed E-state index contributed by atoms with van der Waals surface area (Å²) in [6, 6.07) is 12.5. The van der Waals surface area contributed by atoms with Crippen molar-refractivity contribution in [3.05, 3.63) is 80.9 Å². The number of nitrogens with one attached hydrogen (secondary N) is 1.